The molecule has 0 aromatic carbocycles. The average Bonchev–Trinajstić information content (AvgIpc) is 2.37. The molecule has 1 fully saturated rings. The van der Waals surface area contributed by atoms with Gasteiger partial charge in [-0.3, -0.25) is 0 Å². The van der Waals surface area contributed by atoms with E-state index in [0.717, 1.165) is 19.6 Å². The molecule has 0 aromatic heterocycles. The highest BCUT2D eigenvalue weighted by Gasteiger charge is 2.18. The molecule has 0 aromatic rings. The van der Waals surface area contributed by atoms with Crippen LogP contribution in [-0.2, 0) is 10.0 Å². The molecule has 1 heterocycles. The van der Waals surface area contributed by atoms with Gasteiger partial charge in [0.05, 0.1) is 5.75 Å². The summed E-state index contributed by atoms with van der Waals surface area (Å²) in [6.45, 7) is 7.76. The van der Waals surface area contributed by atoms with Gasteiger partial charge in [-0.1, -0.05) is 20.3 Å². The third kappa shape index (κ3) is 7.49. The molecule has 114 valence electrons. The van der Waals surface area contributed by atoms with Crippen molar-refractivity contribution in [3.05, 3.63) is 0 Å². The van der Waals surface area contributed by atoms with Gasteiger partial charge in [-0.15, -0.1) is 11.6 Å². The topological polar surface area (TPSA) is 49.4 Å². The number of halogens is 1. The molecule has 0 saturated carbocycles. The summed E-state index contributed by atoms with van der Waals surface area (Å²) < 4.78 is 26.3. The van der Waals surface area contributed by atoms with E-state index in [-0.39, 0.29) is 11.7 Å². The summed E-state index contributed by atoms with van der Waals surface area (Å²) in [5.41, 5.74) is 0. The Morgan fingerprint density at radius 1 is 1.16 bits per heavy atom. The van der Waals surface area contributed by atoms with E-state index in [1.807, 2.05) is 6.92 Å². The van der Waals surface area contributed by atoms with Crippen LogP contribution in [0, 0.1) is 11.8 Å². The van der Waals surface area contributed by atoms with Gasteiger partial charge >= 0.3 is 0 Å². The summed E-state index contributed by atoms with van der Waals surface area (Å²) in [5.74, 6) is 0.840. The number of hydrogen-bond acceptors (Lipinski definition) is 3. The zero-order chi connectivity index (χ0) is 14.3. The minimum absolute atomic E-state index is 0.00318. The van der Waals surface area contributed by atoms with Crippen LogP contribution in [0.3, 0.4) is 0 Å². The number of rotatable bonds is 8. The van der Waals surface area contributed by atoms with E-state index in [2.05, 4.69) is 16.5 Å². The second kappa shape index (κ2) is 8.45. The third-order valence-electron chi connectivity index (χ3n) is 3.44. The summed E-state index contributed by atoms with van der Waals surface area (Å²) in [6.07, 6.45) is 3.87. The fourth-order valence-electron chi connectivity index (χ4n) is 2.39. The van der Waals surface area contributed by atoms with Crippen LogP contribution in [0.2, 0.25) is 0 Å². The normalized spacial score (nSPS) is 21.2. The Hall–Kier alpha value is 0.160. The number of nitrogens with one attached hydrogen (secondary N) is 1. The lowest BCUT2D eigenvalue weighted by Gasteiger charge is -2.29. The fourth-order valence-corrected chi connectivity index (χ4v) is 4.16. The van der Waals surface area contributed by atoms with Crippen LogP contribution in [0.1, 0.15) is 33.1 Å². The molecule has 1 N–H and O–H groups in total. The fraction of sp³-hybridized carbons (Fsp3) is 1.00. The lowest BCUT2D eigenvalue weighted by molar-refractivity contribution is 0.201. The molecule has 0 bridgehead atoms. The van der Waals surface area contributed by atoms with Crippen molar-refractivity contribution in [1.82, 2.24) is 9.62 Å². The maximum Gasteiger partial charge on any atom is 0.211 e. The minimum Gasteiger partial charge on any atom is -0.303 e. The summed E-state index contributed by atoms with van der Waals surface area (Å²) in [6, 6.07) is 0. The molecule has 2 unspecified atom stereocenters. The van der Waals surface area contributed by atoms with Gasteiger partial charge in [0, 0.05) is 19.0 Å². The molecule has 4 nitrogen and oxygen atoms in total. The van der Waals surface area contributed by atoms with Gasteiger partial charge in [0.25, 0.3) is 0 Å². The molecule has 0 spiro atoms. The van der Waals surface area contributed by atoms with Gasteiger partial charge < -0.3 is 4.90 Å². The zero-order valence-electron chi connectivity index (χ0n) is 12.1. The molecule has 0 radical (unpaired) electrons. The molecular weight excluding hydrogens is 284 g/mol. The van der Waals surface area contributed by atoms with Gasteiger partial charge in [-0.05, 0) is 37.8 Å². The number of likely N-dealkylation sites (tertiary alicyclic amines) is 1. The first-order valence-electron chi connectivity index (χ1n) is 7.18. The predicted molar refractivity (Wildman–Crippen MR) is 81.1 cm³/mol. The van der Waals surface area contributed by atoms with Gasteiger partial charge in [0.1, 0.15) is 0 Å². The van der Waals surface area contributed by atoms with E-state index in [4.69, 9.17) is 11.6 Å². The van der Waals surface area contributed by atoms with Crippen molar-refractivity contribution in [3.63, 3.8) is 0 Å². The molecule has 0 aliphatic carbocycles. The van der Waals surface area contributed by atoms with Crippen LogP contribution in [0.15, 0.2) is 0 Å². The molecule has 6 heteroatoms. The summed E-state index contributed by atoms with van der Waals surface area (Å²) in [4.78, 5) is 2.43. The monoisotopic (exact) mass is 310 g/mol. The van der Waals surface area contributed by atoms with Crippen LogP contribution in [0.25, 0.3) is 0 Å². The van der Waals surface area contributed by atoms with Crippen LogP contribution < -0.4 is 4.72 Å². The Bertz CT molecular complexity index is 343. The van der Waals surface area contributed by atoms with Crippen molar-refractivity contribution >= 4 is 21.6 Å². The maximum absolute atomic E-state index is 11.8. The van der Waals surface area contributed by atoms with Crippen LogP contribution in [0.4, 0.5) is 0 Å². The second-order valence-electron chi connectivity index (χ2n) is 5.86. The first kappa shape index (κ1) is 17.2. The first-order valence-corrected chi connectivity index (χ1v) is 9.37. The largest absolute Gasteiger partial charge is 0.303 e. The highest BCUT2D eigenvalue weighted by Crippen LogP contribution is 2.11. The molecule has 2 atom stereocenters. The molecule has 1 aliphatic rings. The predicted octanol–water partition coefficient (Wildman–Crippen LogP) is 1.90. The number of nitrogens with zero attached hydrogens (tertiary/aromatic N) is 1. The third-order valence-corrected chi connectivity index (χ3v) is 5.58. The highest BCUT2D eigenvalue weighted by molar-refractivity contribution is 7.89. The van der Waals surface area contributed by atoms with Crippen LogP contribution in [-0.4, -0.2) is 51.1 Å². The highest BCUT2D eigenvalue weighted by atomic mass is 35.5. The number of alkyl halides is 1. The van der Waals surface area contributed by atoms with Gasteiger partial charge in [0.2, 0.25) is 10.0 Å². The molecule has 0 amide bonds. The lowest BCUT2D eigenvalue weighted by Crippen LogP contribution is -2.39. The molecule has 19 heavy (non-hydrogen) atoms. The minimum atomic E-state index is -3.18. The van der Waals surface area contributed by atoms with Crippen molar-refractivity contribution in [3.8, 4) is 0 Å². The lowest BCUT2D eigenvalue weighted by atomic mass is 10.1. The van der Waals surface area contributed by atoms with Crippen molar-refractivity contribution in [2.45, 2.75) is 33.1 Å². The van der Waals surface area contributed by atoms with E-state index in [9.17, 15) is 8.42 Å². The van der Waals surface area contributed by atoms with Crippen LogP contribution >= 0.6 is 11.6 Å². The van der Waals surface area contributed by atoms with E-state index in [0.29, 0.717) is 18.3 Å². The van der Waals surface area contributed by atoms with Gasteiger partial charge in [-0.25, -0.2) is 13.1 Å². The average molecular weight is 311 g/mol. The van der Waals surface area contributed by atoms with Crippen molar-refractivity contribution < 1.29 is 8.42 Å². The molecular formula is C13H27ClN2O2S. The van der Waals surface area contributed by atoms with E-state index >= 15 is 0 Å². The second-order valence-corrected chi connectivity index (χ2v) is 8.02. The Kier molecular flexibility index (Phi) is 7.65. The smallest absolute Gasteiger partial charge is 0.211 e. The first-order chi connectivity index (χ1) is 8.93. The Balaban J connectivity index is 2.26. The quantitative estimate of drug-likeness (QED) is 0.697. The number of sulfonamides is 1. The SMILES string of the molecule is CC(CNS(=O)(=O)CC(C)CCl)CN1CCCCC1. The number of piperidine rings is 1. The standard InChI is InChI=1S/C13H27ClN2O2S/c1-12(8-14)11-19(17,18)15-9-13(2)10-16-6-4-3-5-7-16/h12-13,15H,3-11H2,1-2H3. The Labute approximate surface area is 122 Å². The molecule has 1 saturated heterocycles. The van der Waals surface area contributed by atoms with Crippen molar-refractivity contribution in [2.24, 2.45) is 11.8 Å². The molecule has 1 rings (SSSR count). The Morgan fingerprint density at radius 2 is 1.79 bits per heavy atom. The summed E-state index contributed by atoms with van der Waals surface area (Å²) in [7, 11) is -3.18. The van der Waals surface area contributed by atoms with E-state index < -0.39 is 10.0 Å². The maximum atomic E-state index is 11.8. The Morgan fingerprint density at radius 3 is 2.37 bits per heavy atom. The van der Waals surface area contributed by atoms with Crippen LogP contribution in [0.5, 0.6) is 0 Å². The van der Waals surface area contributed by atoms with Gasteiger partial charge in [0.15, 0.2) is 0 Å². The van der Waals surface area contributed by atoms with Gasteiger partial charge in [-0.2, -0.15) is 0 Å². The summed E-state index contributed by atoms with van der Waals surface area (Å²) >= 11 is 5.65. The number of hydrogen-bond donors (Lipinski definition) is 1. The van der Waals surface area contributed by atoms with E-state index in [1.165, 1.54) is 19.3 Å². The zero-order valence-corrected chi connectivity index (χ0v) is 13.6. The molecule has 1 aliphatic heterocycles. The summed E-state index contributed by atoms with van der Waals surface area (Å²) in [5, 5.41) is 0. The van der Waals surface area contributed by atoms with Crippen molar-refractivity contribution in [2.75, 3.05) is 37.8 Å². The van der Waals surface area contributed by atoms with E-state index in [1.54, 1.807) is 0 Å². The van der Waals surface area contributed by atoms with Crippen molar-refractivity contribution in [1.29, 1.82) is 0 Å².